The molecule has 3 aliphatic rings. The predicted octanol–water partition coefficient (Wildman–Crippen LogP) is 2.02. The molecule has 6 heteroatoms. The van der Waals surface area contributed by atoms with Gasteiger partial charge in [0.2, 0.25) is 0 Å². The van der Waals surface area contributed by atoms with Crippen LogP contribution in [-0.4, -0.2) is 55.9 Å². The second-order valence-corrected chi connectivity index (χ2v) is 7.60. The Bertz CT molecular complexity index is 618. The first-order valence-corrected chi connectivity index (χ1v) is 9.28. The topological polar surface area (TPSA) is 53.6 Å². The number of carbonyl (C=O) groups is 1. The molecule has 136 valence electrons. The van der Waals surface area contributed by atoms with Crippen molar-refractivity contribution in [2.75, 3.05) is 32.8 Å². The van der Waals surface area contributed by atoms with E-state index in [1.54, 1.807) is 0 Å². The number of rotatable bonds is 5. The molecule has 3 fully saturated rings. The second-order valence-electron chi connectivity index (χ2n) is 7.60. The molecule has 25 heavy (non-hydrogen) atoms. The van der Waals surface area contributed by atoms with Crippen LogP contribution in [0.1, 0.15) is 31.2 Å². The van der Waals surface area contributed by atoms with Crippen LogP contribution in [0.5, 0.6) is 0 Å². The first-order chi connectivity index (χ1) is 12.1. The third-order valence-corrected chi connectivity index (χ3v) is 5.85. The summed E-state index contributed by atoms with van der Waals surface area (Å²) in [6.07, 6.45) is 4.61. The Labute approximate surface area is 147 Å². The predicted molar refractivity (Wildman–Crippen MR) is 93.0 cm³/mol. The molecule has 2 atom stereocenters. The minimum absolute atomic E-state index is 0.0187. The summed E-state index contributed by atoms with van der Waals surface area (Å²) >= 11 is 0. The fourth-order valence-corrected chi connectivity index (χ4v) is 4.05. The molecule has 0 aromatic heterocycles. The van der Waals surface area contributed by atoms with E-state index in [1.165, 1.54) is 25.0 Å². The zero-order valence-corrected chi connectivity index (χ0v) is 14.5. The summed E-state index contributed by atoms with van der Waals surface area (Å²) in [7, 11) is 0. The molecule has 4 rings (SSSR count). The quantitative estimate of drug-likeness (QED) is 0.857. The zero-order valence-electron chi connectivity index (χ0n) is 14.5. The van der Waals surface area contributed by atoms with Crippen molar-refractivity contribution in [1.29, 1.82) is 0 Å². The van der Waals surface area contributed by atoms with Crippen molar-refractivity contribution in [2.24, 2.45) is 0 Å². The number of nitrogens with one attached hydrogen (secondary N) is 2. The molecule has 0 unspecified atom stereocenters. The summed E-state index contributed by atoms with van der Waals surface area (Å²) < 4.78 is 18.9. The maximum atomic E-state index is 13.1. The molecule has 0 bridgehead atoms. The molecule has 2 saturated heterocycles. The zero-order chi connectivity index (χ0) is 17.3. The number of hydrogen-bond donors (Lipinski definition) is 2. The average Bonchev–Trinajstić information content (AvgIpc) is 3.27. The molecule has 1 aromatic rings. The van der Waals surface area contributed by atoms with Gasteiger partial charge < -0.3 is 15.4 Å². The molecule has 1 aromatic carbocycles. The van der Waals surface area contributed by atoms with Gasteiger partial charge in [0.1, 0.15) is 5.82 Å². The highest BCUT2D eigenvalue weighted by molar-refractivity contribution is 5.74. The highest BCUT2D eigenvalue weighted by atomic mass is 19.1. The summed E-state index contributed by atoms with van der Waals surface area (Å²) in [5, 5.41) is 5.90. The number of urea groups is 1. The van der Waals surface area contributed by atoms with Crippen LogP contribution >= 0.6 is 0 Å². The van der Waals surface area contributed by atoms with Crippen LogP contribution in [0.4, 0.5) is 9.18 Å². The smallest absolute Gasteiger partial charge is 0.314 e. The lowest BCUT2D eigenvalue weighted by atomic mass is 9.96. The Balaban J connectivity index is 1.21. The van der Waals surface area contributed by atoms with Crippen LogP contribution < -0.4 is 10.6 Å². The van der Waals surface area contributed by atoms with Gasteiger partial charge in [-0.1, -0.05) is 12.1 Å². The van der Waals surface area contributed by atoms with Crippen molar-refractivity contribution in [1.82, 2.24) is 15.5 Å². The van der Waals surface area contributed by atoms with E-state index < -0.39 is 0 Å². The van der Waals surface area contributed by atoms with Gasteiger partial charge in [-0.15, -0.1) is 0 Å². The Morgan fingerprint density at radius 1 is 1.28 bits per heavy atom. The molecule has 2 N–H and O–H groups in total. The molecule has 1 aliphatic carbocycles. The molecular weight excluding hydrogens is 321 g/mol. The third-order valence-electron chi connectivity index (χ3n) is 5.85. The number of halogens is 1. The lowest BCUT2D eigenvalue weighted by molar-refractivity contribution is -0.0457. The van der Waals surface area contributed by atoms with E-state index >= 15 is 0 Å². The van der Waals surface area contributed by atoms with E-state index in [1.807, 2.05) is 12.1 Å². The van der Waals surface area contributed by atoms with Crippen LogP contribution in [0.15, 0.2) is 24.3 Å². The monoisotopic (exact) mass is 347 g/mol. The van der Waals surface area contributed by atoms with Crippen molar-refractivity contribution in [3.63, 3.8) is 0 Å². The Hall–Kier alpha value is -1.66. The molecule has 2 aliphatic heterocycles. The van der Waals surface area contributed by atoms with Crippen LogP contribution in [-0.2, 0) is 10.2 Å². The van der Waals surface area contributed by atoms with Crippen molar-refractivity contribution < 1.29 is 13.9 Å². The minimum atomic E-state index is -0.224. The fraction of sp³-hybridized carbons (Fsp3) is 0.632. The molecule has 0 spiro atoms. The Morgan fingerprint density at radius 3 is 2.84 bits per heavy atom. The number of fused-ring (bicyclic) bond motifs is 1. The van der Waals surface area contributed by atoms with Crippen molar-refractivity contribution in [2.45, 2.75) is 43.2 Å². The van der Waals surface area contributed by atoms with E-state index in [0.29, 0.717) is 19.1 Å². The summed E-state index contributed by atoms with van der Waals surface area (Å²) in [5.74, 6) is -0.224. The van der Waals surface area contributed by atoms with Crippen molar-refractivity contribution in [3.8, 4) is 0 Å². The van der Waals surface area contributed by atoms with Gasteiger partial charge in [-0.3, -0.25) is 4.90 Å². The standard InChI is InChI=1S/C19H26FN3O2/c20-15-5-3-14(4-6-15)19(7-8-19)13-22-18(24)21-10-17-11-23-9-1-2-16(23)12-25-17/h3-6,16-17H,1-2,7-13H2,(H2,21,22,24)/t16-,17+/m0/s1. The van der Waals surface area contributed by atoms with Crippen LogP contribution in [0.3, 0.4) is 0 Å². The lowest BCUT2D eigenvalue weighted by Crippen LogP contribution is -2.51. The van der Waals surface area contributed by atoms with E-state index in [2.05, 4.69) is 15.5 Å². The number of carbonyl (C=O) groups excluding carboxylic acids is 1. The number of morpholine rings is 1. The minimum Gasteiger partial charge on any atom is -0.373 e. The number of hydrogen-bond acceptors (Lipinski definition) is 3. The van der Waals surface area contributed by atoms with Crippen molar-refractivity contribution in [3.05, 3.63) is 35.6 Å². The second kappa shape index (κ2) is 6.92. The average molecular weight is 347 g/mol. The lowest BCUT2D eigenvalue weighted by Gasteiger charge is -2.35. The Kier molecular flexibility index (Phi) is 4.65. The SMILES string of the molecule is O=C(NC[C@@H]1CN2CCC[C@H]2CO1)NCC1(c2ccc(F)cc2)CC1. The maximum absolute atomic E-state index is 13.1. The molecule has 2 amide bonds. The highest BCUT2D eigenvalue weighted by Crippen LogP contribution is 2.47. The van der Waals surface area contributed by atoms with Gasteiger partial charge in [-0.25, -0.2) is 9.18 Å². The number of amides is 2. The normalized spacial score (nSPS) is 27.6. The number of ether oxygens (including phenoxy) is 1. The third kappa shape index (κ3) is 3.80. The number of benzene rings is 1. The van der Waals surface area contributed by atoms with Gasteiger partial charge in [-0.05, 0) is 49.9 Å². The van der Waals surface area contributed by atoms with Gasteiger partial charge in [0, 0.05) is 31.1 Å². The van der Waals surface area contributed by atoms with Gasteiger partial charge >= 0.3 is 6.03 Å². The molecule has 2 heterocycles. The fourth-order valence-electron chi connectivity index (χ4n) is 4.05. The Morgan fingerprint density at radius 2 is 2.08 bits per heavy atom. The van der Waals surface area contributed by atoms with Gasteiger partial charge in [0.05, 0.1) is 12.7 Å². The van der Waals surface area contributed by atoms with Gasteiger partial charge in [0.15, 0.2) is 0 Å². The van der Waals surface area contributed by atoms with Crippen LogP contribution in [0, 0.1) is 5.82 Å². The molecule has 5 nitrogen and oxygen atoms in total. The van der Waals surface area contributed by atoms with Crippen molar-refractivity contribution >= 4 is 6.03 Å². The van der Waals surface area contributed by atoms with Gasteiger partial charge in [-0.2, -0.15) is 0 Å². The summed E-state index contributed by atoms with van der Waals surface area (Å²) in [4.78, 5) is 14.6. The maximum Gasteiger partial charge on any atom is 0.314 e. The highest BCUT2D eigenvalue weighted by Gasteiger charge is 2.44. The summed E-state index contributed by atoms with van der Waals surface area (Å²) in [6, 6.07) is 7.05. The summed E-state index contributed by atoms with van der Waals surface area (Å²) in [5.41, 5.74) is 1.08. The first-order valence-electron chi connectivity index (χ1n) is 9.28. The van der Waals surface area contributed by atoms with Crippen LogP contribution in [0.2, 0.25) is 0 Å². The van der Waals surface area contributed by atoms with E-state index in [0.717, 1.165) is 38.1 Å². The molecule has 1 saturated carbocycles. The largest absolute Gasteiger partial charge is 0.373 e. The van der Waals surface area contributed by atoms with Gasteiger partial charge in [0.25, 0.3) is 0 Å². The molecular formula is C19H26FN3O2. The van der Waals surface area contributed by atoms with E-state index in [9.17, 15) is 9.18 Å². The first kappa shape index (κ1) is 16.8. The number of nitrogens with zero attached hydrogens (tertiary/aromatic N) is 1. The summed E-state index contributed by atoms with van der Waals surface area (Å²) in [6.45, 7) is 3.96. The van der Waals surface area contributed by atoms with Crippen LogP contribution in [0.25, 0.3) is 0 Å². The van der Waals surface area contributed by atoms with E-state index in [-0.39, 0.29) is 23.4 Å². The molecule has 0 radical (unpaired) electrons. The van der Waals surface area contributed by atoms with E-state index in [4.69, 9.17) is 4.74 Å².